The van der Waals surface area contributed by atoms with Gasteiger partial charge >= 0.3 is 0 Å². The van der Waals surface area contributed by atoms with Gasteiger partial charge in [-0.15, -0.1) is 0 Å². The summed E-state index contributed by atoms with van der Waals surface area (Å²) in [7, 11) is 0. The van der Waals surface area contributed by atoms with Crippen LogP contribution in [0.3, 0.4) is 0 Å². The lowest BCUT2D eigenvalue weighted by atomic mass is 10.1. The Bertz CT molecular complexity index is 1200. The van der Waals surface area contributed by atoms with Gasteiger partial charge in [-0.25, -0.2) is 0 Å². The van der Waals surface area contributed by atoms with Crippen LogP contribution in [0.15, 0.2) is 59.0 Å². The number of ether oxygens (including phenoxy) is 3. The van der Waals surface area contributed by atoms with E-state index in [2.05, 4.69) is 5.32 Å². The molecule has 0 fully saturated rings. The van der Waals surface area contributed by atoms with Crippen LogP contribution in [-0.2, 0) is 0 Å². The van der Waals surface area contributed by atoms with Gasteiger partial charge in [-0.3, -0.25) is 4.79 Å². The molecule has 0 radical (unpaired) electrons. The summed E-state index contributed by atoms with van der Waals surface area (Å²) in [6.07, 6.45) is 0. The predicted molar refractivity (Wildman–Crippen MR) is 122 cm³/mol. The number of nitrogens with one attached hydrogen (secondary N) is 1. The molecule has 0 unspecified atom stereocenters. The van der Waals surface area contributed by atoms with Gasteiger partial charge in [0.2, 0.25) is 5.75 Å². The summed E-state index contributed by atoms with van der Waals surface area (Å²) in [5, 5.41) is 4.92. The fraction of sp³-hybridized carbons (Fsp3) is 0.240. The number of carbonyl (C=O) groups is 1. The number of hydrogen-bond acceptors (Lipinski definition) is 5. The highest BCUT2D eigenvalue weighted by atomic mass is 16.5. The Labute approximate surface area is 180 Å². The Kier molecular flexibility index (Phi) is 5.98. The number of anilines is 1. The van der Waals surface area contributed by atoms with Crippen LogP contribution in [0, 0.1) is 0 Å². The average Bonchev–Trinajstić information content (AvgIpc) is 3.14. The number of furan rings is 1. The number of hydrogen-bond donors (Lipinski definition) is 1. The highest BCUT2D eigenvalue weighted by molar-refractivity contribution is 6.09. The van der Waals surface area contributed by atoms with Gasteiger partial charge in [-0.2, -0.15) is 0 Å². The second-order valence-electron chi connectivity index (χ2n) is 6.86. The number of carbonyl (C=O) groups excluding carboxylic acids is 1. The van der Waals surface area contributed by atoms with Crippen molar-refractivity contribution in [3.63, 3.8) is 0 Å². The van der Waals surface area contributed by atoms with Crippen LogP contribution in [-0.4, -0.2) is 25.7 Å². The second kappa shape index (κ2) is 9.00. The molecule has 1 amide bonds. The number of benzene rings is 3. The van der Waals surface area contributed by atoms with Gasteiger partial charge in [-0.05, 0) is 57.2 Å². The van der Waals surface area contributed by atoms with Gasteiger partial charge in [0.15, 0.2) is 11.5 Å². The SMILES string of the molecule is CCOc1cc(C(=O)Nc2ccc3oc4ccccc4c3c2)cc(OCC)c1OCC. The molecule has 6 heteroatoms. The quantitative estimate of drug-likeness (QED) is 0.377. The Morgan fingerprint density at radius 3 is 2.13 bits per heavy atom. The molecule has 1 aromatic heterocycles. The molecule has 160 valence electrons. The van der Waals surface area contributed by atoms with E-state index in [0.717, 1.165) is 21.9 Å². The van der Waals surface area contributed by atoms with Crippen LogP contribution in [0.1, 0.15) is 31.1 Å². The normalized spacial score (nSPS) is 10.9. The molecule has 0 aliphatic carbocycles. The molecule has 0 atom stereocenters. The first-order valence-corrected chi connectivity index (χ1v) is 10.4. The third-order valence-electron chi connectivity index (χ3n) is 4.81. The van der Waals surface area contributed by atoms with Gasteiger partial charge in [0.05, 0.1) is 19.8 Å². The van der Waals surface area contributed by atoms with E-state index in [9.17, 15) is 4.79 Å². The summed E-state index contributed by atoms with van der Waals surface area (Å²) in [6, 6.07) is 16.8. The first-order valence-electron chi connectivity index (χ1n) is 10.4. The van der Waals surface area contributed by atoms with Crippen LogP contribution >= 0.6 is 0 Å². The second-order valence-corrected chi connectivity index (χ2v) is 6.86. The molecule has 31 heavy (non-hydrogen) atoms. The summed E-state index contributed by atoms with van der Waals surface area (Å²) in [5.41, 5.74) is 2.69. The lowest BCUT2D eigenvalue weighted by Crippen LogP contribution is -2.13. The van der Waals surface area contributed by atoms with Crippen LogP contribution in [0.2, 0.25) is 0 Å². The molecular formula is C25H25NO5. The number of fused-ring (bicyclic) bond motifs is 3. The molecule has 0 spiro atoms. The fourth-order valence-corrected chi connectivity index (χ4v) is 3.53. The molecule has 0 aliphatic rings. The molecule has 1 N–H and O–H groups in total. The third-order valence-corrected chi connectivity index (χ3v) is 4.81. The standard InChI is InChI=1S/C25H25NO5/c1-4-28-22-13-16(14-23(29-5-2)24(22)30-6-3)25(27)26-17-11-12-21-19(15-17)18-9-7-8-10-20(18)31-21/h7-15H,4-6H2,1-3H3,(H,26,27). The number of para-hydroxylation sites is 1. The van der Waals surface area contributed by atoms with Crippen molar-refractivity contribution in [3.8, 4) is 17.2 Å². The van der Waals surface area contributed by atoms with E-state index in [-0.39, 0.29) is 5.91 Å². The minimum Gasteiger partial charge on any atom is -0.490 e. The summed E-state index contributed by atoms with van der Waals surface area (Å²) in [6.45, 7) is 7.01. The minimum atomic E-state index is -0.267. The van der Waals surface area contributed by atoms with E-state index in [1.807, 2.05) is 63.2 Å². The van der Waals surface area contributed by atoms with E-state index < -0.39 is 0 Å². The smallest absolute Gasteiger partial charge is 0.255 e. The predicted octanol–water partition coefficient (Wildman–Crippen LogP) is 6.03. The first kappa shape index (κ1) is 20.6. The highest BCUT2D eigenvalue weighted by Crippen LogP contribution is 2.39. The third kappa shape index (κ3) is 4.14. The Balaban J connectivity index is 1.68. The molecule has 3 aromatic carbocycles. The van der Waals surface area contributed by atoms with E-state index in [0.29, 0.717) is 48.3 Å². The van der Waals surface area contributed by atoms with Crippen molar-refractivity contribution in [2.75, 3.05) is 25.1 Å². The Morgan fingerprint density at radius 1 is 0.806 bits per heavy atom. The molecule has 4 rings (SSSR count). The van der Waals surface area contributed by atoms with Gasteiger partial charge in [-0.1, -0.05) is 18.2 Å². The monoisotopic (exact) mass is 419 g/mol. The van der Waals surface area contributed by atoms with Gasteiger partial charge in [0.1, 0.15) is 11.2 Å². The van der Waals surface area contributed by atoms with Crippen molar-refractivity contribution in [2.24, 2.45) is 0 Å². The van der Waals surface area contributed by atoms with E-state index in [4.69, 9.17) is 18.6 Å². The van der Waals surface area contributed by atoms with Crippen molar-refractivity contribution in [1.82, 2.24) is 0 Å². The van der Waals surface area contributed by atoms with Crippen molar-refractivity contribution in [3.05, 3.63) is 60.2 Å². The topological polar surface area (TPSA) is 69.9 Å². The summed E-state index contributed by atoms with van der Waals surface area (Å²) in [5.74, 6) is 1.21. The molecule has 0 bridgehead atoms. The maximum Gasteiger partial charge on any atom is 0.255 e. The lowest BCUT2D eigenvalue weighted by molar-refractivity contribution is 0.102. The van der Waals surface area contributed by atoms with E-state index in [1.54, 1.807) is 12.1 Å². The molecule has 0 saturated carbocycles. The van der Waals surface area contributed by atoms with Crippen molar-refractivity contribution < 1.29 is 23.4 Å². The zero-order chi connectivity index (χ0) is 21.8. The van der Waals surface area contributed by atoms with Gasteiger partial charge in [0.25, 0.3) is 5.91 Å². The maximum atomic E-state index is 13.0. The zero-order valence-electron chi connectivity index (χ0n) is 17.9. The average molecular weight is 419 g/mol. The van der Waals surface area contributed by atoms with Crippen LogP contribution < -0.4 is 19.5 Å². The summed E-state index contributed by atoms with van der Waals surface area (Å²) >= 11 is 0. The largest absolute Gasteiger partial charge is 0.490 e. The number of rotatable bonds is 8. The molecular weight excluding hydrogens is 394 g/mol. The Hall–Kier alpha value is -3.67. The minimum absolute atomic E-state index is 0.267. The Morgan fingerprint density at radius 2 is 1.45 bits per heavy atom. The lowest BCUT2D eigenvalue weighted by Gasteiger charge is -2.17. The molecule has 0 aliphatic heterocycles. The van der Waals surface area contributed by atoms with Crippen LogP contribution in [0.25, 0.3) is 21.9 Å². The van der Waals surface area contributed by atoms with E-state index in [1.165, 1.54) is 0 Å². The summed E-state index contributed by atoms with van der Waals surface area (Å²) in [4.78, 5) is 13.0. The summed E-state index contributed by atoms with van der Waals surface area (Å²) < 4.78 is 23.0. The number of amides is 1. The van der Waals surface area contributed by atoms with E-state index >= 15 is 0 Å². The molecule has 1 heterocycles. The highest BCUT2D eigenvalue weighted by Gasteiger charge is 2.19. The molecule has 0 saturated heterocycles. The van der Waals surface area contributed by atoms with Crippen molar-refractivity contribution in [1.29, 1.82) is 0 Å². The van der Waals surface area contributed by atoms with Gasteiger partial charge in [0, 0.05) is 22.0 Å². The van der Waals surface area contributed by atoms with Gasteiger partial charge < -0.3 is 23.9 Å². The maximum absolute atomic E-state index is 13.0. The van der Waals surface area contributed by atoms with Crippen LogP contribution in [0.4, 0.5) is 5.69 Å². The first-order chi connectivity index (χ1) is 15.1. The van der Waals surface area contributed by atoms with Crippen molar-refractivity contribution >= 4 is 33.5 Å². The van der Waals surface area contributed by atoms with Crippen LogP contribution in [0.5, 0.6) is 17.2 Å². The zero-order valence-corrected chi connectivity index (χ0v) is 17.9. The fourth-order valence-electron chi connectivity index (χ4n) is 3.53. The molecule has 4 aromatic rings. The molecule has 6 nitrogen and oxygen atoms in total. The van der Waals surface area contributed by atoms with Crippen molar-refractivity contribution in [2.45, 2.75) is 20.8 Å².